The third kappa shape index (κ3) is 6.02. The van der Waals surface area contributed by atoms with E-state index in [9.17, 15) is 14.7 Å². The molecule has 154 valence electrons. The third-order valence-corrected chi connectivity index (χ3v) is 5.01. The van der Waals surface area contributed by atoms with Gasteiger partial charge in [0.1, 0.15) is 0 Å². The van der Waals surface area contributed by atoms with E-state index in [1.807, 2.05) is 41.3 Å². The molecule has 1 fully saturated rings. The van der Waals surface area contributed by atoms with E-state index in [1.165, 1.54) is 6.20 Å². The van der Waals surface area contributed by atoms with Crippen LogP contribution in [0, 0.1) is 0 Å². The molecule has 2 heterocycles. The molecule has 0 spiro atoms. The Morgan fingerprint density at radius 2 is 2.14 bits per heavy atom. The lowest BCUT2D eigenvalue weighted by Crippen LogP contribution is -2.43. The maximum Gasteiger partial charge on any atom is 0.373 e. The number of aliphatic hydroxyl groups is 1. The van der Waals surface area contributed by atoms with E-state index in [4.69, 9.17) is 9.52 Å². The number of aryl methyl sites for hydroxylation is 1. The summed E-state index contributed by atoms with van der Waals surface area (Å²) in [6.45, 7) is 0.535. The molecule has 1 aliphatic rings. The van der Waals surface area contributed by atoms with Crippen LogP contribution in [0.2, 0.25) is 0 Å². The smallest absolute Gasteiger partial charge is 0.373 e. The quantitative estimate of drug-likeness (QED) is 0.630. The lowest BCUT2D eigenvalue weighted by atomic mass is 9.99. The van der Waals surface area contributed by atoms with Crippen LogP contribution in [-0.2, 0) is 17.6 Å². The van der Waals surface area contributed by atoms with Crippen LogP contribution in [0.3, 0.4) is 0 Å². The Bertz CT molecular complexity index is 846. The van der Waals surface area contributed by atoms with Crippen LogP contribution in [0.25, 0.3) is 0 Å². The number of carboxylic acid groups (broad SMARTS) is 1. The van der Waals surface area contributed by atoms with E-state index in [1.54, 1.807) is 6.08 Å². The van der Waals surface area contributed by atoms with E-state index < -0.39 is 12.1 Å². The number of amides is 1. The lowest BCUT2D eigenvalue weighted by molar-refractivity contribution is -0.135. The summed E-state index contributed by atoms with van der Waals surface area (Å²) in [5, 5.41) is 19.2. The minimum Gasteiger partial charge on any atom is -0.475 e. The number of rotatable bonds is 9. The third-order valence-electron chi connectivity index (χ3n) is 5.01. The number of carboxylic acids is 1. The molecule has 0 aliphatic carbocycles. The molecule has 0 saturated carbocycles. The number of carbonyl (C=O) groups is 2. The van der Waals surface area contributed by atoms with Crippen molar-refractivity contribution in [3.8, 4) is 0 Å². The number of aromatic nitrogens is 1. The molecule has 1 saturated heterocycles. The van der Waals surface area contributed by atoms with Crippen molar-refractivity contribution in [3.63, 3.8) is 0 Å². The predicted octanol–water partition coefficient (Wildman–Crippen LogP) is 2.85. The number of carbonyl (C=O) groups excluding carboxylic acids is 1. The van der Waals surface area contributed by atoms with Gasteiger partial charge in [-0.05, 0) is 24.8 Å². The van der Waals surface area contributed by atoms with E-state index in [-0.39, 0.29) is 17.7 Å². The topological polar surface area (TPSA) is 104 Å². The second kappa shape index (κ2) is 10.0. The molecule has 1 aliphatic heterocycles. The first-order valence-corrected chi connectivity index (χ1v) is 9.90. The molecule has 1 aromatic heterocycles. The van der Waals surface area contributed by atoms with Crippen molar-refractivity contribution in [3.05, 3.63) is 65.9 Å². The van der Waals surface area contributed by atoms with Crippen molar-refractivity contribution < 1.29 is 24.2 Å². The first-order chi connectivity index (χ1) is 14.0. The number of benzene rings is 1. The van der Waals surface area contributed by atoms with Gasteiger partial charge in [0.2, 0.25) is 11.7 Å². The van der Waals surface area contributed by atoms with E-state index >= 15 is 0 Å². The van der Waals surface area contributed by atoms with Crippen molar-refractivity contribution in [2.45, 2.75) is 50.7 Å². The van der Waals surface area contributed by atoms with Gasteiger partial charge >= 0.3 is 5.97 Å². The Balaban J connectivity index is 1.53. The summed E-state index contributed by atoms with van der Waals surface area (Å²) in [5.74, 6) is -0.865. The highest BCUT2D eigenvalue weighted by atomic mass is 16.4. The van der Waals surface area contributed by atoms with Crippen molar-refractivity contribution >= 4 is 11.9 Å². The normalized spacial score (nSPS) is 18.3. The zero-order chi connectivity index (χ0) is 20.6. The standard InChI is InChI=1S/C22H26N2O5/c25-18(14-16-6-2-1-3-7-16)12-11-17-8-4-10-21(26)24(17)13-5-9-20-23-15-19(29-20)22(27)28/h1-3,6-7,11-12,15,17-18,25H,4-5,8-10,13-14H2,(H,27,28)/b12-11+/t17?,18-/m0/s1. The molecular formula is C22H26N2O5. The fourth-order valence-electron chi connectivity index (χ4n) is 3.54. The summed E-state index contributed by atoms with van der Waals surface area (Å²) in [6.07, 6.45) is 8.15. The van der Waals surface area contributed by atoms with Gasteiger partial charge in [0.05, 0.1) is 18.3 Å². The lowest BCUT2D eigenvalue weighted by Gasteiger charge is -2.34. The minimum atomic E-state index is -1.14. The first-order valence-electron chi connectivity index (χ1n) is 9.90. The highest BCUT2D eigenvalue weighted by Crippen LogP contribution is 2.20. The number of oxazole rings is 1. The van der Waals surface area contributed by atoms with Crippen molar-refractivity contribution in [2.24, 2.45) is 0 Å². The van der Waals surface area contributed by atoms with Gasteiger partial charge in [0.25, 0.3) is 0 Å². The average molecular weight is 398 g/mol. The number of hydrogen-bond acceptors (Lipinski definition) is 5. The zero-order valence-electron chi connectivity index (χ0n) is 16.2. The van der Waals surface area contributed by atoms with Crippen LogP contribution in [0.1, 0.15) is 47.7 Å². The second-order valence-corrected chi connectivity index (χ2v) is 7.22. The molecule has 1 amide bonds. The van der Waals surface area contributed by atoms with E-state index in [0.717, 1.165) is 18.4 Å². The van der Waals surface area contributed by atoms with Crippen LogP contribution in [0.4, 0.5) is 0 Å². The molecule has 3 rings (SSSR count). The van der Waals surface area contributed by atoms with Crippen molar-refractivity contribution in [1.82, 2.24) is 9.88 Å². The van der Waals surface area contributed by atoms with Crippen LogP contribution >= 0.6 is 0 Å². The summed E-state index contributed by atoms with van der Waals surface area (Å²) in [5.41, 5.74) is 1.06. The summed E-state index contributed by atoms with van der Waals surface area (Å²) >= 11 is 0. The van der Waals surface area contributed by atoms with Crippen LogP contribution < -0.4 is 0 Å². The largest absolute Gasteiger partial charge is 0.475 e. The Morgan fingerprint density at radius 3 is 2.86 bits per heavy atom. The van der Waals surface area contributed by atoms with Gasteiger partial charge < -0.3 is 19.5 Å². The zero-order valence-corrected chi connectivity index (χ0v) is 16.2. The number of piperidine rings is 1. The maximum absolute atomic E-state index is 12.4. The highest BCUT2D eigenvalue weighted by molar-refractivity contribution is 5.83. The monoisotopic (exact) mass is 398 g/mol. The Morgan fingerprint density at radius 1 is 1.34 bits per heavy atom. The summed E-state index contributed by atoms with van der Waals surface area (Å²) < 4.78 is 5.16. The SMILES string of the molecule is O=C(O)c1cnc(CCCN2C(=O)CCCC2/C=C/[C@H](O)Cc2ccccc2)o1. The molecule has 29 heavy (non-hydrogen) atoms. The number of likely N-dealkylation sites (tertiary alicyclic amines) is 1. The maximum atomic E-state index is 12.4. The Labute approximate surface area is 169 Å². The number of aliphatic hydroxyl groups excluding tert-OH is 1. The van der Waals surface area contributed by atoms with Gasteiger partial charge in [0, 0.05) is 25.8 Å². The molecule has 1 aromatic carbocycles. The summed E-state index contributed by atoms with van der Waals surface area (Å²) in [4.78, 5) is 29.0. The molecule has 2 N–H and O–H groups in total. The molecule has 0 bridgehead atoms. The fraction of sp³-hybridized carbons (Fsp3) is 0.409. The fourth-order valence-corrected chi connectivity index (χ4v) is 3.54. The van der Waals surface area contributed by atoms with Gasteiger partial charge in [-0.15, -0.1) is 0 Å². The molecule has 1 unspecified atom stereocenters. The van der Waals surface area contributed by atoms with Crippen LogP contribution in [-0.4, -0.2) is 50.7 Å². The minimum absolute atomic E-state index is 0.0409. The Kier molecular flexibility index (Phi) is 7.19. The van der Waals surface area contributed by atoms with Crippen LogP contribution in [0.5, 0.6) is 0 Å². The van der Waals surface area contributed by atoms with Gasteiger partial charge in [-0.3, -0.25) is 4.79 Å². The second-order valence-electron chi connectivity index (χ2n) is 7.22. The van der Waals surface area contributed by atoms with Crippen molar-refractivity contribution in [2.75, 3.05) is 6.54 Å². The first kappa shape index (κ1) is 20.8. The highest BCUT2D eigenvalue weighted by Gasteiger charge is 2.26. The molecule has 7 heteroatoms. The summed E-state index contributed by atoms with van der Waals surface area (Å²) in [6, 6.07) is 9.75. The van der Waals surface area contributed by atoms with Gasteiger partial charge in [0.15, 0.2) is 5.89 Å². The van der Waals surface area contributed by atoms with E-state index in [0.29, 0.717) is 38.1 Å². The van der Waals surface area contributed by atoms with Gasteiger partial charge in [-0.2, -0.15) is 0 Å². The molecular weight excluding hydrogens is 372 g/mol. The number of hydrogen-bond donors (Lipinski definition) is 2. The average Bonchev–Trinajstić information content (AvgIpc) is 3.18. The van der Waals surface area contributed by atoms with Crippen molar-refractivity contribution in [1.29, 1.82) is 0 Å². The van der Waals surface area contributed by atoms with Gasteiger partial charge in [-0.25, -0.2) is 9.78 Å². The summed E-state index contributed by atoms with van der Waals surface area (Å²) in [7, 11) is 0. The number of aromatic carboxylic acids is 1. The number of nitrogens with zero attached hydrogens (tertiary/aromatic N) is 2. The van der Waals surface area contributed by atoms with Crippen LogP contribution in [0.15, 0.2) is 53.1 Å². The molecule has 2 atom stereocenters. The van der Waals surface area contributed by atoms with Gasteiger partial charge in [-0.1, -0.05) is 42.5 Å². The molecule has 0 radical (unpaired) electrons. The molecule has 7 nitrogen and oxygen atoms in total. The van der Waals surface area contributed by atoms with E-state index in [2.05, 4.69) is 4.98 Å². The Hall–Kier alpha value is -2.93. The molecule has 2 aromatic rings. The predicted molar refractivity (Wildman–Crippen MR) is 106 cm³/mol.